The first-order valence-electron chi connectivity index (χ1n) is 6.52. The first-order chi connectivity index (χ1) is 10.3. The number of halogens is 1. The standard InChI is InChI=1S/C15H13ClN2O3S/c1-10-7-8-11(9-12(10)16)18-15(19)17(2)13-5-3-4-6-14(13)22(18,20)21/h3-9H,1-2H3. The quantitative estimate of drug-likeness (QED) is 0.801. The number of carbonyl (C=O) groups excluding carboxylic acids is 1. The van der Waals surface area contributed by atoms with Crippen molar-refractivity contribution in [1.29, 1.82) is 0 Å². The van der Waals surface area contributed by atoms with E-state index in [0.717, 1.165) is 9.87 Å². The fourth-order valence-corrected chi connectivity index (χ4v) is 4.16. The van der Waals surface area contributed by atoms with E-state index in [1.807, 2.05) is 0 Å². The fraction of sp³-hybridized carbons (Fsp3) is 0.133. The van der Waals surface area contributed by atoms with Crippen LogP contribution in [0.2, 0.25) is 5.02 Å². The number of hydrogen-bond acceptors (Lipinski definition) is 3. The minimum Gasteiger partial charge on any atom is -0.295 e. The van der Waals surface area contributed by atoms with Crippen LogP contribution in [0.5, 0.6) is 0 Å². The number of para-hydroxylation sites is 1. The van der Waals surface area contributed by atoms with Gasteiger partial charge in [0.2, 0.25) is 0 Å². The first kappa shape index (κ1) is 14.9. The van der Waals surface area contributed by atoms with Crippen LogP contribution in [0.15, 0.2) is 47.4 Å². The lowest BCUT2D eigenvalue weighted by Gasteiger charge is -2.34. The van der Waals surface area contributed by atoms with Gasteiger partial charge in [-0.1, -0.05) is 29.8 Å². The number of aryl methyl sites for hydroxylation is 1. The third kappa shape index (κ3) is 2.07. The molecule has 0 radical (unpaired) electrons. The van der Waals surface area contributed by atoms with Crippen LogP contribution in [0.4, 0.5) is 16.2 Å². The van der Waals surface area contributed by atoms with Crippen LogP contribution in [0.25, 0.3) is 0 Å². The van der Waals surface area contributed by atoms with Crippen molar-refractivity contribution in [1.82, 2.24) is 0 Å². The second-order valence-corrected chi connectivity index (χ2v) is 7.17. The van der Waals surface area contributed by atoms with Gasteiger partial charge in [-0.15, -0.1) is 0 Å². The Morgan fingerprint density at radius 2 is 1.77 bits per heavy atom. The summed E-state index contributed by atoms with van der Waals surface area (Å²) in [5, 5.41) is 0.405. The lowest BCUT2D eigenvalue weighted by atomic mass is 10.2. The number of benzene rings is 2. The molecule has 1 aliphatic rings. The largest absolute Gasteiger partial charge is 0.342 e. The molecular weight excluding hydrogens is 324 g/mol. The van der Waals surface area contributed by atoms with Gasteiger partial charge < -0.3 is 0 Å². The van der Waals surface area contributed by atoms with Gasteiger partial charge in [0.25, 0.3) is 10.0 Å². The zero-order chi connectivity index (χ0) is 16.1. The van der Waals surface area contributed by atoms with Crippen molar-refractivity contribution < 1.29 is 13.2 Å². The lowest BCUT2D eigenvalue weighted by molar-refractivity contribution is 0.255. The highest BCUT2D eigenvalue weighted by Crippen LogP contribution is 2.37. The Hall–Kier alpha value is -2.05. The maximum Gasteiger partial charge on any atom is 0.342 e. The molecule has 22 heavy (non-hydrogen) atoms. The highest BCUT2D eigenvalue weighted by atomic mass is 35.5. The molecule has 3 rings (SSSR count). The third-order valence-electron chi connectivity index (χ3n) is 3.60. The van der Waals surface area contributed by atoms with E-state index in [2.05, 4.69) is 0 Å². The fourth-order valence-electron chi connectivity index (χ4n) is 2.35. The summed E-state index contributed by atoms with van der Waals surface area (Å²) in [5.74, 6) is 0. The van der Waals surface area contributed by atoms with Crippen molar-refractivity contribution in [3.63, 3.8) is 0 Å². The number of rotatable bonds is 1. The molecule has 114 valence electrons. The molecule has 0 saturated carbocycles. The summed E-state index contributed by atoms with van der Waals surface area (Å²) in [6, 6.07) is 10.5. The van der Waals surface area contributed by atoms with E-state index in [1.165, 1.54) is 17.0 Å². The maximum absolute atomic E-state index is 12.8. The predicted octanol–water partition coefficient (Wildman–Crippen LogP) is 3.41. The van der Waals surface area contributed by atoms with Crippen LogP contribution < -0.4 is 9.21 Å². The summed E-state index contributed by atoms with van der Waals surface area (Å²) in [4.78, 5) is 13.9. The molecule has 0 spiro atoms. The molecule has 1 aliphatic heterocycles. The number of amides is 2. The number of hydrogen-bond donors (Lipinski definition) is 0. The highest BCUT2D eigenvalue weighted by Gasteiger charge is 2.40. The van der Waals surface area contributed by atoms with Crippen molar-refractivity contribution in [2.45, 2.75) is 11.8 Å². The molecule has 0 bridgehead atoms. The summed E-state index contributed by atoms with van der Waals surface area (Å²) in [5.41, 5.74) is 1.39. The average Bonchev–Trinajstić information content (AvgIpc) is 2.49. The van der Waals surface area contributed by atoms with Crippen LogP contribution in [-0.4, -0.2) is 21.5 Å². The minimum absolute atomic E-state index is 0.0915. The first-order valence-corrected chi connectivity index (χ1v) is 8.34. The molecule has 5 nitrogen and oxygen atoms in total. The Morgan fingerprint density at radius 3 is 2.45 bits per heavy atom. The minimum atomic E-state index is -3.96. The van der Waals surface area contributed by atoms with E-state index >= 15 is 0 Å². The number of sulfonamides is 1. The van der Waals surface area contributed by atoms with Crippen molar-refractivity contribution in [2.75, 3.05) is 16.3 Å². The number of urea groups is 1. The van der Waals surface area contributed by atoms with Crippen LogP contribution in [0, 0.1) is 6.92 Å². The molecule has 7 heteroatoms. The molecule has 2 aromatic carbocycles. The van der Waals surface area contributed by atoms with E-state index < -0.39 is 16.1 Å². The molecule has 1 heterocycles. The van der Waals surface area contributed by atoms with E-state index in [9.17, 15) is 13.2 Å². The van der Waals surface area contributed by atoms with Crippen LogP contribution >= 0.6 is 11.6 Å². The van der Waals surface area contributed by atoms with Crippen LogP contribution in [0.1, 0.15) is 5.56 Å². The topological polar surface area (TPSA) is 57.7 Å². The van der Waals surface area contributed by atoms with Crippen molar-refractivity contribution in [2.24, 2.45) is 0 Å². The molecule has 0 N–H and O–H groups in total. The van der Waals surface area contributed by atoms with Gasteiger partial charge in [0, 0.05) is 12.1 Å². The highest BCUT2D eigenvalue weighted by molar-refractivity contribution is 7.94. The molecule has 2 amide bonds. The summed E-state index contributed by atoms with van der Waals surface area (Å²) in [7, 11) is -2.42. The maximum atomic E-state index is 12.8. The molecule has 2 aromatic rings. The molecule has 0 atom stereocenters. The second kappa shape index (κ2) is 5.00. The zero-order valence-electron chi connectivity index (χ0n) is 11.9. The lowest BCUT2D eigenvalue weighted by Crippen LogP contribution is -2.49. The summed E-state index contributed by atoms with van der Waals surface area (Å²) < 4.78 is 26.4. The van der Waals surface area contributed by atoms with Crippen LogP contribution in [0.3, 0.4) is 0 Å². The Kier molecular flexibility index (Phi) is 3.38. The SMILES string of the molecule is Cc1ccc(N2C(=O)N(C)c3ccccc3S2(=O)=O)cc1Cl. The summed E-state index contributed by atoms with van der Waals surface area (Å²) in [6.07, 6.45) is 0. The van der Waals surface area contributed by atoms with Gasteiger partial charge >= 0.3 is 6.03 Å². The average molecular weight is 337 g/mol. The van der Waals surface area contributed by atoms with Gasteiger partial charge in [0.15, 0.2) is 0 Å². The summed E-state index contributed by atoms with van der Waals surface area (Å²) >= 11 is 6.06. The Morgan fingerprint density at radius 1 is 1.09 bits per heavy atom. The molecule has 0 aromatic heterocycles. The van der Waals surface area contributed by atoms with Gasteiger partial charge in [0.1, 0.15) is 4.90 Å². The van der Waals surface area contributed by atoms with Gasteiger partial charge in [-0.05, 0) is 36.8 Å². The van der Waals surface area contributed by atoms with Gasteiger partial charge in [-0.2, -0.15) is 4.31 Å². The number of carbonyl (C=O) groups is 1. The number of nitrogens with zero attached hydrogens (tertiary/aromatic N) is 2. The normalized spacial score (nSPS) is 16.6. The van der Waals surface area contributed by atoms with E-state index in [1.54, 1.807) is 44.3 Å². The third-order valence-corrected chi connectivity index (χ3v) is 5.75. The van der Waals surface area contributed by atoms with Crippen molar-refractivity contribution in [3.05, 3.63) is 53.1 Å². The molecule has 0 fully saturated rings. The monoisotopic (exact) mass is 336 g/mol. The van der Waals surface area contributed by atoms with Crippen molar-refractivity contribution in [3.8, 4) is 0 Å². The smallest absolute Gasteiger partial charge is 0.295 e. The second-order valence-electron chi connectivity index (χ2n) is 5.01. The molecule has 0 aliphatic carbocycles. The van der Waals surface area contributed by atoms with E-state index in [0.29, 0.717) is 10.7 Å². The Bertz CT molecular complexity index is 880. The Labute approximate surface area is 133 Å². The predicted molar refractivity (Wildman–Crippen MR) is 86.1 cm³/mol. The number of fused-ring (bicyclic) bond motifs is 1. The van der Waals surface area contributed by atoms with Crippen molar-refractivity contribution >= 4 is 39.0 Å². The van der Waals surface area contributed by atoms with E-state index in [4.69, 9.17) is 11.6 Å². The Balaban J connectivity index is 2.25. The van der Waals surface area contributed by atoms with Crippen LogP contribution in [-0.2, 0) is 10.0 Å². The van der Waals surface area contributed by atoms with Gasteiger partial charge in [-0.25, -0.2) is 13.2 Å². The van der Waals surface area contributed by atoms with Gasteiger partial charge in [-0.3, -0.25) is 4.90 Å². The van der Waals surface area contributed by atoms with Gasteiger partial charge in [0.05, 0.1) is 11.4 Å². The summed E-state index contributed by atoms with van der Waals surface area (Å²) in [6.45, 7) is 1.81. The number of anilines is 2. The zero-order valence-corrected chi connectivity index (χ0v) is 13.5. The molecule has 0 unspecified atom stereocenters. The van der Waals surface area contributed by atoms with E-state index in [-0.39, 0.29) is 10.6 Å². The molecule has 0 saturated heterocycles. The molecular formula is C15H13ClN2O3S.